The van der Waals surface area contributed by atoms with Gasteiger partial charge in [-0.2, -0.15) is 0 Å². The van der Waals surface area contributed by atoms with Crippen LogP contribution in [0.15, 0.2) is 60.1 Å². The van der Waals surface area contributed by atoms with Crippen LogP contribution in [0.25, 0.3) is 22.3 Å². The summed E-state index contributed by atoms with van der Waals surface area (Å²) in [6.45, 7) is 4.09. The molecule has 0 fully saturated rings. The van der Waals surface area contributed by atoms with E-state index >= 15 is 0 Å². The molecule has 8 heteroatoms. The number of sulfonamides is 1. The summed E-state index contributed by atoms with van der Waals surface area (Å²) in [5.41, 5.74) is 4.44. The van der Waals surface area contributed by atoms with E-state index in [1.165, 1.54) is 28.9 Å². The van der Waals surface area contributed by atoms with Crippen LogP contribution in [0.3, 0.4) is 0 Å². The largest absolute Gasteiger partial charge is 0.294 e. The number of hydrogen-bond acceptors (Lipinski definition) is 4. The second-order valence-electron chi connectivity index (χ2n) is 6.98. The molecule has 0 saturated carbocycles. The first-order valence-electron chi connectivity index (χ1n) is 9.28. The van der Waals surface area contributed by atoms with Gasteiger partial charge in [0.1, 0.15) is 5.82 Å². The Morgan fingerprint density at radius 2 is 1.80 bits per heavy atom. The number of imidazole rings is 1. The maximum Gasteiger partial charge on any atom is 0.234 e. The number of fused-ring (bicyclic) bond motifs is 1. The highest BCUT2D eigenvalue weighted by Crippen LogP contribution is 2.27. The van der Waals surface area contributed by atoms with Crippen molar-refractivity contribution in [1.29, 1.82) is 0 Å². The maximum absolute atomic E-state index is 13.1. The molecule has 0 atom stereocenters. The van der Waals surface area contributed by atoms with E-state index in [-0.39, 0.29) is 12.4 Å². The van der Waals surface area contributed by atoms with Gasteiger partial charge in [-0.05, 0) is 49.8 Å². The zero-order valence-electron chi connectivity index (χ0n) is 16.5. The van der Waals surface area contributed by atoms with Crippen molar-refractivity contribution in [3.63, 3.8) is 0 Å². The van der Waals surface area contributed by atoms with E-state index in [0.717, 1.165) is 37.9 Å². The minimum absolute atomic E-state index is 0.187. The molecule has 154 valence electrons. The lowest BCUT2D eigenvalue weighted by atomic mass is 10.2. The second-order valence-corrected chi connectivity index (χ2v) is 9.69. The minimum Gasteiger partial charge on any atom is -0.294 e. The van der Waals surface area contributed by atoms with E-state index in [4.69, 9.17) is 0 Å². The number of hydrogen-bond donors (Lipinski definition) is 1. The van der Waals surface area contributed by atoms with Gasteiger partial charge in [0.25, 0.3) is 0 Å². The van der Waals surface area contributed by atoms with Gasteiger partial charge >= 0.3 is 0 Å². The van der Waals surface area contributed by atoms with Gasteiger partial charge in [-0.1, -0.05) is 41.2 Å². The van der Waals surface area contributed by atoms with Gasteiger partial charge in [0.2, 0.25) is 10.0 Å². The van der Waals surface area contributed by atoms with Crippen LogP contribution in [-0.4, -0.2) is 17.8 Å². The van der Waals surface area contributed by atoms with Crippen molar-refractivity contribution in [3.05, 3.63) is 87.7 Å². The highest BCUT2D eigenvalue weighted by molar-refractivity contribution is 7.92. The molecular weight excluding hydrogens is 421 g/mol. The van der Waals surface area contributed by atoms with Crippen LogP contribution >= 0.6 is 11.3 Å². The topological polar surface area (TPSA) is 63.5 Å². The number of thiazole rings is 1. The fraction of sp³-hybridized carbons (Fsp3) is 0.136. The second kappa shape index (κ2) is 8.14. The Morgan fingerprint density at radius 3 is 2.47 bits per heavy atom. The molecule has 4 aromatic rings. The summed E-state index contributed by atoms with van der Waals surface area (Å²) in [5.74, 6) is -0.290. The third kappa shape index (κ3) is 4.51. The Kier molecular flexibility index (Phi) is 5.55. The minimum atomic E-state index is -3.57. The van der Waals surface area contributed by atoms with Crippen molar-refractivity contribution < 1.29 is 12.8 Å². The Hall–Kier alpha value is -2.81. The van der Waals surface area contributed by atoms with E-state index in [1.54, 1.807) is 18.2 Å². The van der Waals surface area contributed by atoms with Crippen molar-refractivity contribution in [2.75, 3.05) is 0 Å². The molecule has 2 heterocycles. The summed E-state index contributed by atoms with van der Waals surface area (Å²) in [7, 11) is -3.57. The van der Waals surface area contributed by atoms with Crippen LogP contribution < -0.4 is 4.72 Å². The zero-order valence-corrected chi connectivity index (χ0v) is 18.1. The molecule has 0 aliphatic heterocycles. The molecule has 0 spiro atoms. The lowest BCUT2D eigenvalue weighted by Crippen LogP contribution is -2.20. The SMILES string of the molecule is Cc1ccc(C=CS(=O)(=O)NCc2sc3nc(-c4ccc(F)cc4)cn3c2C)cc1. The van der Waals surface area contributed by atoms with Crippen molar-refractivity contribution in [3.8, 4) is 11.3 Å². The summed E-state index contributed by atoms with van der Waals surface area (Å²) in [5, 5.41) is 1.18. The van der Waals surface area contributed by atoms with E-state index in [1.807, 2.05) is 48.7 Å². The van der Waals surface area contributed by atoms with Gasteiger partial charge in [0.15, 0.2) is 4.96 Å². The van der Waals surface area contributed by atoms with Gasteiger partial charge in [-0.15, -0.1) is 0 Å². The van der Waals surface area contributed by atoms with Gasteiger partial charge in [-0.25, -0.2) is 22.5 Å². The van der Waals surface area contributed by atoms with Crippen molar-refractivity contribution >= 4 is 32.4 Å². The number of nitrogens with zero attached hydrogens (tertiary/aromatic N) is 2. The van der Waals surface area contributed by atoms with Gasteiger partial charge in [-0.3, -0.25) is 4.40 Å². The maximum atomic E-state index is 13.1. The van der Waals surface area contributed by atoms with Crippen molar-refractivity contribution in [2.24, 2.45) is 0 Å². The Morgan fingerprint density at radius 1 is 1.10 bits per heavy atom. The number of benzene rings is 2. The molecule has 2 aromatic carbocycles. The highest BCUT2D eigenvalue weighted by atomic mass is 32.2. The summed E-state index contributed by atoms with van der Waals surface area (Å²) in [6.07, 6.45) is 3.45. The molecule has 0 radical (unpaired) electrons. The summed E-state index contributed by atoms with van der Waals surface area (Å²) in [6, 6.07) is 13.8. The lowest BCUT2D eigenvalue weighted by molar-refractivity contribution is 0.591. The average molecular weight is 442 g/mol. The number of aryl methyl sites for hydroxylation is 2. The Bertz CT molecular complexity index is 1320. The Labute approximate surface area is 178 Å². The van der Waals surface area contributed by atoms with Crippen LogP contribution in [-0.2, 0) is 16.6 Å². The van der Waals surface area contributed by atoms with Crippen LogP contribution in [0, 0.1) is 19.7 Å². The summed E-state index contributed by atoms with van der Waals surface area (Å²) >= 11 is 1.43. The molecule has 0 amide bonds. The number of rotatable bonds is 6. The van der Waals surface area contributed by atoms with Gasteiger partial charge < -0.3 is 0 Å². The third-order valence-corrected chi connectivity index (χ3v) is 6.94. The molecule has 0 unspecified atom stereocenters. The fourth-order valence-electron chi connectivity index (χ4n) is 2.98. The van der Waals surface area contributed by atoms with E-state index in [9.17, 15) is 12.8 Å². The van der Waals surface area contributed by atoms with E-state index in [2.05, 4.69) is 9.71 Å². The van der Waals surface area contributed by atoms with Crippen LogP contribution in [0.4, 0.5) is 4.39 Å². The van der Waals surface area contributed by atoms with Gasteiger partial charge in [0, 0.05) is 34.3 Å². The van der Waals surface area contributed by atoms with Gasteiger partial charge in [0.05, 0.1) is 5.69 Å². The predicted molar refractivity (Wildman–Crippen MR) is 119 cm³/mol. The van der Waals surface area contributed by atoms with E-state index in [0.29, 0.717) is 0 Å². The number of nitrogens with one attached hydrogen (secondary N) is 1. The quantitative estimate of drug-likeness (QED) is 0.462. The molecule has 1 N–H and O–H groups in total. The first kappa shape index (κ1) is 20.5. The van der Waals surface area contributed by atoms with Crippen molar-refractivity contribution in [1.82, 2.24) is 14.1 Å². The fourth-order valence-corrected chi connectivity index (χ4v) is 4.89. The summed E-state index contributed by atoms with van der Waals surface area (Å²) < 4.78 is 42.3. The van der Waals surface area contributed by atoms with Crippen LogP contribution in [0.2, 0.25) is 0 Å². The monoisotopic (exact) mass is 441 g/mol. The molecule has 0 aliphatic rings. The predicted octanol–water partition coefficient (Wildman–Crippen LogP) is 4.91. The van der Waals surface area contributed by atoms with Crippen LogP contribution in [0.1, 0.15) is 21.7 Å². The summed E-state index contributed by atoms with van der Waals surface area (Å²) in [4.78, 5) is 6.23. The average Bonchev–Trinajstić information content (AvgIpc) is 3.26. The molecular formula is C22H20FN3O2S2. The number of halogens is 1. The Balaban J connectivity index is 1.48. The molecule has 4 rings (SSSR count). The normalized spacial score (nSPS) is 12.2. The first-order chi connectivity index (χ1) is 14.3. The molecule has 2 aromatic heterocycles. The lowest BCUT2D eigenvalue weighted by Gasteiger charge is -2.02. The van der Waals surface area contributed by atoms with Crippen molar-refractivity contribution in [2.45, 2.75) is 20.4 Å². The molecule has 0 bridgehead atoms. The molecule has 30 heavy (non-hydrogen) atoms. The molecule has 0 saturated heterocycles. The first-order valence-corrected chi connectivity index (χ1v) is 11.6. The third-order valence-electron chi connectivity index (χ3n) is 4.74. The standard InChI is InChI=1S/C22H20FN3O2S2/c1-15-3-5-17(6-4-15)11-12-30(27,28)24-13-21-16(2)26-14-20(25-22(26)29-21)18-7-9-19(23)10-8-18/h3-12,14,24H,13H2,1-2H3. The zero-order chi connectivity index (χ0) is 21.3. The molecule has 0 aliphatic carbocycles. The highest BCUT2D eigenvalue weighted by Gasteiger charge is 2.14. The van der Waals surface area contributed by atoms with E-state index < -0.39 is 10.0 Å². The smallest absolute Gasteiger partial charge is 0.234 e. The molecule has 5 nitrogen and oxygen atoms in total. The van der Waals surface area contributed by atoms with Crippen LogP contribution in [0.5, 0.6) is 0 Å². The number of aromatic nitrogens is 2.